The number of rotatable bonds is 4. The van der Waals surface area contributed by atoms with Gasteiger partial charge in [0.05, 0.1) is 12.7 Å². The minimum Gasteiger partial charge on any atom is -0.486 e. The summed E-state index contributed by atoms with van der Waals surface area (Å²) in [4.78, 5) is 15.3. The number of carbonyl (C=O) groups excluding carboxylic acids is 1. The molecule has 1 aliphatic rings. The lowest BCUT2D eigenvalue weighted by Gasteiger charge is -2.22. The summed E-state index contributed by atoms with van der Waals surface area (Å²) in [6.07, 6.45) is -0.609. The van der Waals surface area contributed by atoms with E-state index in [1.54, 1.807) is 39.0 Å². The first-order chi connectivity index (χ1) is 11.3. The molecule has 7 nitrogen and oxygen atoms in total. The van der Waals surface area contributed by atoms with Crippen LogP contribution in [0.2, 0.25) is 0 Å². The second-order valence-electron chi connectivity index (χ2n) is 6.45. The van der Waals surface area contributed by atoms with Crippen molar-refractivity contribution in [3.05, 3.63) is 23.8 Å². The topological polar surface area (TPSA) is 97.6 Å². The zero-order valence-electron chi connectivity index (χ0n) is 14.1. The van der Waals surface area contributed by atoms with Crippen LogP contribution in [-0.4, -0.2) is 47.9 Å². The van der Waals surface area contributed by atoms with Gasteiger partial charge in [-0.15, -0.1) is 0 Å². The fraction of sp³-hybridized carbons (Fsp3) is 0.529. The van der Waals surface area contributed by atoms with Crippen molar-refractivity contribution in [3.8, 4) is 11.5 Å². The number of benzene rings is 1. The molecule has 0 radical (unpaired) electrons. The Labute approximate surface area is 140 Å². The maximum absolute atomic E-state index is 11.6. The van der Waals surface area contributed by atoms with Gasteiger partial charge in [0.2, 0.25) is 0 Å². The van der Waals surface area contributed by atoms with Crippen LogP contribution in [0.1, 0.15) is 32.4 Å². The summed E-state index contributed by atoms with van der Waals surface area (Å²) >= 11 is 0. The molecule has 1 amide bonds. The minimum atomic E-state index is -1.04. The van der Waals surface area contributed by atoms with E-state index >= 15 is 0 Å². The maximum Gasteiger partial charge on any atom is 0.433 e. The first-order valence-electron chi connectivity index (χ1n) is 7.76. The van der Waals surface area contributed by atoms with Crippen LogP contribution in [0.3, 0.4) is 0 Å². The van der Waals surface area contributed by atoms with Crippen molar-refractivity contribution < 1.29 is 29.2 Å². The number of hydrogen-bond donors (Lipinski definition) is 2. The van der Waals surface area contributed by atoms with Crippen LogP contribution in [0, 0.1) is 5.92 Å². The SMILES string of the molecule is CC(C)(C)OC(=O)/N=C/C(CO)[C@H](O)c1ccc2c(c1)OCCO2. The molecule has 132 valence electrons. The Morgan fingerprint density at radius 3 is 2.62 bits per heavy atom. The quantitative estimate of drug-likeness (QED) is 0.817. The van der Waals surface area contributed by atoms with Crippen molar-refractivity contribution in [1.82, 2.24) is 0 Å². The molecule has 2 rings (SSSR count). The van der Waals surface area contributed by atoms with Crippen molar-refractivity contribution in [1.29, 1.82) is 0 Å². The Bertz CT molecular complexity index is 608. The highest BCUT2D eigenvalue weighted by atomic mass is 16.6. The van der Waals surface area contributed by atoms with Crippen LogP contribution >= 0.6 is 0 Å². The van der Waals surface area contributed by atoms with Crippen molar-refractivity contribution in [2.75, 3.05) is 19.8 Å². The molecule has 0 aliphatic carbocycles. The van der Waals surface area contributed by atoms with E-state index in [-0.39, 0.29) is 6.61 Å². The van der Waals surface area contributed by atoms with Crippen LogP contribution in [0.25, 0.3) is 0 Å². The maximum atomic E-state index is 11.6. The highest BCUT2D eigenvalue weighted by molar-refractivity contribution is 5.80. The molecule has 2 atom stereocenters. The van der Waals surface area contributed by atoms with E-state index in [4.69, 9.17) is 14.2 Å². The Balaban J connectivity index is 2.08. The van der Waals surface area contributed by atoms with Gasteiger partial charge in [-0.1, -0.05) is 6.07 Å². The highest BCUT2D eigenvalue weighted by Gasteiger charge is 2.22. The predicted octanol–water partition coefficient (Wildman–Crippen LogP) is 2.11. The van der Waals surface area contributed by atoms with E-state index in [1.807, 2.05) is 0 Å². The Morgan fingerprint density at radius 2 is 2.00 bits per heavy atom. The third-order valence-corrected chi connectivity index (χ3v) is 3.29. The molecule has 7 heteroatoms. The number of carbonyl (C=O) groups is 1. The van der Waals surface area contributed by atoms with Crippen LogP contribution in [0.15, 0.2) is 23.2 Å². The number of fused-ring (bicyclic) bond motifs is 1. The van der Waals surface area contributed by atoms with Crippen LogP contribution < -0.4 is 9.47 Å². The number of aliphatic imine (C=N–C) groups is 1. The van der Waals surface area contributed by atoms with Gasteiger partial charge in [0.25, 0.3) is 0 Å². The van der Waals surface area contributed by atoms with E-state index in [2.05, 4.69) is 4.99 Å². The van der Waals surface area contributed by atoms with Crippen molar-refractivity contribution in [2.24, 2.45) is 10.9 Å². The van der Waals surface area contributed by atoms with Gasteiger partial charge in [-0.3, -0.25) is 0 Å². The van der Waals surface area contributed by atoms with Gasteiger partial charge < -0.3 is 24.4 Å². The number of hydrogen-bond acceptors (Lipinski definition) is 6. The molecule has 0 fully saturated rings. The van der Waals surface area contributed by atoms with Crippen molar-refractivity contribution in [2.45, 2.75) is 32.5 Å². The molecule has 24 heavy (non-hydrogen) atoms. The molecule has 1 heterocycles. The second kappa shape index (κ2) is 7.63. The zero-order valence-corrected chi connectivity index (χ0v) is 14.1. The van der Waals surface area contributed by atoms with Crippen molar-refractivity contribution >= 4 is 12.3 Å². The lowest BCUT2D eigenvalue weighted by molar-refractivity contribution is 0.0601. The molecular formula is C17H23NO6. The zero-order chi connectivity index (χ0) is 17.7. The summed E-state index contributed by atoms with van der Waals surface area (Å²) in [5, 5.41) is 19.9. The molecule has 1 aliphatic heterocycles. The molecular weight excluding hydrogens is 314 g/mol. The summed E-state index contributed by atoms with van der Waals surface area (Å²) in [5.74, 6) is 0.402. The van der Waals surface area contributed by atoms with Crippen LogP contribution in [-0.2, 0) is 4.74 Å². The fourth-order valence-electron chi connectivity index (χ4n) is 2.16. The average molecular weight is 337 g/mol. The molecule has 0 saturated heterocycles. The average Bonchev–Trinajstić information content (AvgIpc) is 2.53. The van der Waals surface area contributed by atoms with E-state index in [1.165, 1.54) is 6.21 Å². The number of ether oxygens (including phenoxy) is 3. The third kappa shape index (κ3) is 4.94. The normalized spacial score (nSPS) is 16.7. The number of aliphatic hydroxyl groups excluding tert-OH is 2. The van der Waals surface area contributed by atoms with Gasteiger partial charge >= 0.3 is 6.09 Å². The number of amides is 1. The lowest BCUT2D eigenvalue weighted by atomic mass is 9.97. The van der Waals surface area contributed by atoms with Gasteiger partial charge in [0.15, 0.2) is 11.5 Å². The fourth-order valence-corrected chi connectivity index (χ4v) is 2.16. The second-order valence-corrected chi connectivity index (χ2v) is 6.45. The molecule has 1 aromatic carbocycles. The molecule has 1 unspecified atom stereocenters. The molecule has 2 N–H and O–H groups in total. The van der Waals surface area contributed by atoms with Crippen LogP contribution in [0.5, 0.6) is 11.5 Å². The van der Waals surface area contributed by atoms with E-state index < -0.39 is 23.7 Å². The van der Waals surface area contributed by atoms with Crippen LogP contribution in [0.4, 0.5) is 4.79 Å². The lowest BCUT2D eigenvalue weighted by Crippen LogP contribution is -2.23. The first kappa shape index (κ1) is 18.2. The molecule has 1 aromatic rings. The standard InChI is InChI=1S/C17H23NO6/c1-17(2,3)24-16(21)18-9-12(10-19)15(20)11-4-5-13-14(8-11)23-7-6-22-13/h4-5,8-9,12,15,19-20H,6-7,10H2,1-3H3/b18-9+/t12?,15-/m1/s1. The Morgan fingerprint density at radius 1 is 1.33 bits per heavy atom. The molecule has 0 bridgehead atoms. The minimum absolute atomic E-state index is 0.373. The predicted molar refractivity (Wildman–Crippen MR) is 87.7 cm³/mol. The van der Waals surface area contributed by atoms with Gasteiger partial charge in [0, 0.05) is 12.1 Å². The summed E-state index contributed by atoms with van der Waals surface area (Å²) in [6, 6.07) is 5.04. The van der Waals surface area contributed by atoms with Gasteiger partial charge in [-0.2, -0.15) is 4.99 Å². The van der Waals surface area contributed by atoms with Gasteiger partial charge in [-0.05, 0) is 38.5 Å². The van der Waals surface area contributed by atoms with E-state index in [9.17, 15) is 15.0 Å². The summed E-state index contributed by atoms with van der Waals surface area (Å²) in [6.45, 7) is 5.74. The largest absolute Gasteiger partial charge is 0.486 e. The van der Waals surface area contributed by atoms with Gasteiger partial charge in [0.1, 0.15) is 18.8 Å². The smallest absolute Gasteiger partial charge is 0.433 e. The monoisotopic (exact) mass is 337 g/mol. The Hall–Kier alpha value is -2.12. The summed E-state index contributed by atoms with van der Waals surface area (Å²) in [5.41, 5.74) is -0.119. The molecule has 0 aromatic heterocycles. The summed E-state index contributed by atoms with van der Waals surface area (Å²) in [7, 11) is 0. The highest BCUT2D eigenvalue weighted by Crippen LogP contribution is 2.34. The Kier molecular flexibility index (Phi) is 5.80. The molecule has 0 spiro atoms. The number of nitrogens with zero attached hydrogens (tertiary/aromatic N) is 1. The van der Waals surface area contributed by atoms with E-state index in [0.717, 1.165) is 0 Å². The van der Waals surface area contributed by atoms with Crippen molar-refractivity contribution in [3.63, 3.8) is 0 Å². The third-order valence-electron chi connectivity index (χ3n) is 3.29. The molecule has 0 saturated carbocycles. The van der Waals surface area contributed by atoms with Gasteiger partial charge in [-0.25, -0.2) is 4.79 Å². The van der Waals surface area contributed by atoms with E-state index in [0.29, 0.717) is 30.3 Å². The first-order valence-corrected chi connectivity index (χ1v) is 7.76. The summed E-state index contributed by atoms with van der Waals surface area (Å²) < 4.78 is 16.0. The number of aliphatic hydroxyl groups is 2.